The third-order valence-electron chi connectivity index (χ3n) is 7.35. The molecule has 2 unspecified atom stereocenters. The van der Waals surface area contributed by atoms with E-state index < -0.39 is 12.6 Å². The summed E-state index contributed by atoms with van der Waals surface area (Å²) in [5.41, 5.74) is 0. The Morgan fingerprint density at radius 2 is 0.721 bits per heavy atom. The van der Waals surface area contributed by atoms with E-state index in [0.29, 0.717) is 0 Å². The van der Waals surface area contributed by atoms with Gasteiger partial charge in [-0.1, -0.05) is 76.4 Å². The molecular weight excluding hydrogens is 544 g/mol. The van der Waals surface area contributed by atoms with Crippen LogP contribution < -0.4 is 0 Å². The molecule has 0 heterocycles. The maximum absolute atomic E-state index is 5.95. The molecular formula is C36H70O7. The summed E-state index contributed by atoms with van der Waals surface area (Å²) in [4.78, 5) is 0. The van der Waals surface area contributed by atoms with Gasteiger partial charge in [0.05, 0.1) is 0 Å². The van der Waals surface area contributed by atoms with Gasteiger partial charge < -0.3 is 33.2 Å². The number of ether oxygens (including phenoxy) is 7. The van der Waals surface area contributed by atoms with Crippen molar-refractivity contribution >= 4 is 0 Å². The normalized spacial score (nSPS) is 13.8. The van der Waals surface area contributed by atoms with Gasteiger partial charge >= 0.3 is 0 Å². The lowest BCUT2D eigenvalue weighted by Crippen LogP contribution is -2.22. The molecule has 0 fully saturated rings. The number of rotatable bonds is 34. The van der Waals surface area contributed by atoms with Crippen molar-refractivity contribution in [3.63, 3.8) is 0 Å². The number of allylic oxidation sites excluding steroid dienone is 2. The summed E-state index contributed by atoms with van der Waals surface area (Å²) >= 11 is 0. The lowest BCUT2D eigenvalue weighted by molar-refractivity contribution is -0.188. The fraction of sp³-hybridized carbons (Fsp3) is 0.889. The second-order valence-electron chi connectivity index (χ2n) is 11.0. The molecule has 0 aromatic rings. The molecule has 0 bridgehead atoms. The van der Waals surface area contributed by atoms with E-state index in [0.717, 1.165) is 52.1 Å². The van der Waals surface area contributed by atoms with Crippen LogP contribution in [0.4, 0.5) is 0 Å². The number of hydrogen-bond donors (Lipinski definition) is 0. The van der Waals surface area contributed by atoms with E-state index in [1.54, 1.807) is 14.2 Å². The topological polar surface area (TPSA) is 64.6 Å². The fourth-order valence-electron chi connectivity index (χ4n) is 4.99. The smallest absolute Gasteiger partial charge is 0.179 e. The van der Waals surface area contributed by atoms with Crippen LogP contribution in [0.1, 0.15) is 143 Å². The predicted molar refractivity (Wildman–Crippen MR) is 178 cm³/mol. The minimum atomic E-state index is -0.399. The zero-order valence-electron chi connectivity index (χ0n) is 29.0. The Labute approximate surface area is 266 Å². The van der Waals surface area contributed by atoms with Crippen LogP contribution in [0.2, 0.25) is 0 Å². The Kier molecular flexibility index (Phi) is 33.4. The van der Waals surface area contributed by atoms with Crippen molar-refractivity contribution in [1.29, 1.82) is 0 Å². The maximum atomic E-state index is 5.95. The summed E-state index contributed by atoms with van der Waals surface area (Å²) in [6.07, 6.45) is 29.1. The fourth-order valence-corrected chi connectivity index (χ4v) is 4.99. The first kappa shape index (κ1) is 42.2. The largest absolute Gasteiger partial charge is 0.353 e. The van der Waals surface area contributed by atoms with Crippen molar-refractivity contribution in [3.05, 3.63) is 24.3 Å². The zero-order valence-corrected chi connectivity index (χ0v) is 29.0. The quantitative estimate of drug-likeness (QED) is 0.0406. The predicted octanol–water partition coefficient (Wildman–Crippen LogP) is 9.88. The minimum Gasteiger partial charge on any atom is -0.353 e. The Morgan fingerprint density at radius 1 is 0.419 bits per heavy atom. The van der Waals surface area contributed by atoms with Gasteiger partial charge in [0.25, 0.3) is 0 Å². The molecule has 0 aliphatic rings. The zero-order chi connectivity index (χ0) is 31.6. The summed E-state index contributed by atoms with van der Waals surface area (Å²) in [6.45, 7) is 11.0. The van der Waals surface area contributed by atoms with Crippen molar-refractivity contribution in [1.82, 2.24) is 0 Å². The molecule has 0 saturated carbocycles. The summed E-state index contributed by atoms with van der Waals surface area (Å²) in [6, 6.07) is 0. The first-order chi connectivity index (χ1) is 21.1. The van der Waals surface area contributed by atoms with Gasteiger partial charge in [0, 0.05) is 40.6 Å². The van der Waals surface area contributed by atoms with E-state index in [9.17, 15) is 0 Å². The summed E-state index contributed by atoms with van der Waals surface area (Å²) < 4.78 is 39.4. The molecule has 256 valence electrons. The van der Waals surface area contributed by atoms with Gasteiger partial charge in [0.15, 0.2) is 25.2 Å². The van der Waals surface area contributed by atoms with E-state index in [2.05, 4.69) is 12.2 Å². The molecule has 0 aromatic carbocycles. The monoisotopic (exact) mass is 615 g/mol. The Balaban J connectivity index is 3.83. The average molecular weight is 615 g/mol. The van der Waals surface area contributed by atoms with Crippen molar-refractivity contribution in [2.24, 2.45) is 0 Å². The van der Waals surface area contributed by atoms with Crippen LogP contribution in [-0.2, 0) is 33.2 Å². The van der Waals surface area contributed by atoms with Crippen LogP contribution in [0, 0.1) is 0 Å². The summed E-state index contributed by atoms with van der Waals surface area (Å²) in [7, 11) is 3.35. The molecule has 0 radical (unpaired) electrons. The van der Waals surface area contributed by atoms with Crippen LogP contribution in [0.25, 0.3) is 0 Å². The third-order valence-corrected chi connectivity index (χ3v) is 7.35. The maximum Gasteiger partial charge on any atom is 0.179 e. The molecule has 7 heteroatoms. The molecule has 43 heavy (non-hydrogen) atoms. The van der Waals surface area contributed by atoms with E-state index in [4.69, 9.17) is 33.2 Å². The highest BCUT2D eigenvalue weighted by atomic mass is 16.8. The minimum absolute atomic E-state index is 0.0235. The van der Waals surface area contributed by atoms with Crippen molar-refractivity contribution in [2.75, 3.05) is 40.6 Å². The third kappa shape index (κ3) is 28.4. The molecule has 0 saturated heterocycles. The standard InChI is InChI=1S/C36H70O7/c1-7-39-35(40-8-2)31-27-23-19-15-11-13-17-21-25-29-33(37-5)43-34(38-6)30-26-22-18-14-12-16-20-24-28-32-36(41-9-3)42-10-4/h25-26,29-30,33-36H,7-24,27-28,31-32H2,1-6H3. The van der Waals surface area contributed by atoms with E-state index in [1.165, 1.54) is 89.9 Å². The Hall–Kier alpha value is -0.800. The van der Waals surface area contributed by atoms with Gasteiger partial charge in [0.2, 0.25) is 0 Å². The van der Waals surface area contributed by atoms with E-state index in [-0.39, 0.29) is 12.6 Å². The van der Waals surface area contributed by atoms with E-state index in [1.807, 2.05) is 39.8 Å². The summed E-state index contributed by atoms with van der Waals surface area (Å²) in [5.74, 6) is 0. The lowest BCUT2D eigenvalue weighted by atomic mass is 10.1. The number of hydrogen-bond acceptors (Lipinski definition) is 7. The van der Waals surface area contributed by atoms with E-state index >= 15 is 0 Å². The Morgan fingerprint density at radius 3 is 1.02 bits per heavy atom. The van der Waals surface area contributed by atoms with Gasteiger partial charge in [-0.25, -0.2) is 0 Å². The van der Waals surface area contributed by atoms with Gasteiger partial charge in [-0.15, -0.1) is 0 Å². The van der Waals surface area contributed by atoms with Gasteiger partial charge in [0.1, 0.15) is 0 Å². The van der Waals surface area contributed by atoms with Crippen LogP contribution in [0.5, 0.6) is 0 Å². The average Bonchev–Trinajstić information content (AvgIpc) is 3.01. The van der Waals surface area contributed by atoms with Crippen molar-refractivity contribution in [3.8, 4) is 0 Å². The second kappa shape index (κ2) is 34.1. The van der Waals surface area contributed by atoms with Crippen molar-refractivity contribution < 1.29 is 33.2 Å². The highest BCUT2D eigenvalue weighted by molar-refractivity contribution is 4.89. The molecule has 7 nitrogen and oxygen atoms in total. The van der Waals surface area contributed by atoms with Crippen LogP contribution in [-0.4, -0.2) is 65.8 Å². The highest BCUT2D eigenvalue weighted by Gasteiger charge is 2.10. The molecule has 0 rings (SSSR count). The molecule has 0 amide bonds. The molecule has 0 aliphatic carbocycles. The lowest BCUT2D eigenvalue weighted by Gasteiger charge is -2.18. The number of unbranched alkanes of at least 4 members (excludes halogenated alkanes) is 14. The SMILES string of the molecule is CCOC(CCCCCCCCCC=CC(OC)OC(C=CCCCCCCCCCC(OCC)OCC)OC)OCC. The van der Waals surface area contributed by atoms with Gasteiger partial charge in [-0.2, -0.15) is 0 Å². The Bertz CT molecular complexity index is 536. The molecule has 0 aliphatic heterocycles. The van der Waals surface area contributed by atoms with Gasteiger partial charge in [-0.05, 0) is 91.2 Å². The van der Waals surface area contributed by atoms with Crippen LogP contribution >= 0.6 is 0 Å². The molecule has 0 N–H and O–H groups in total. The molecule has 0 aromatic heterocycles. The van der Waals surface area contributed by atoms with Gasteiger partial charge in [-0.3, -0.25) is 0 Å². The van der Waals surface area contributed by atoms with Crippen LogP contribution in [0.15, 0.2) is 24.3 Å². The first-order valence-electron chi connectivity index (χ1n) is 17.7. The summed E-state index contributed by atoms with van der Waals surface area (Å²) in [5, 5.41) is 0. The van der Waals surface area contributed by atoms with Crippen molar-refractivity contribution in [2.45, 2.75) is 168 Å². The second-order valence-corrected chi connectivity index (χ2v) is 11.0. The highest BCUT2D eigenvalue weighted by Crippen LogP contribution is 2.15. The molecule has 0 spiro atoms. The van der Waals surface area contributed by atoms with Crippen LogP contribution in [0.3, 0.4) is 0 Å². The molecule has 2 atom stereocenters. The first-order valence-corrected chi connectivity index (χ1v) is 17.7. The number of methoxy groups -OCH3 is 2.